The fraction of sp³-hybridized carbons (Fsp3) is 0.636. The summed E-state index contributed by atoms with van der Waals surface area (Å²) in [5.74, 6) is 1.52. The summed E-state index contributed by atoms with van der Waals surface area (Å²) in [5, 5.41) is 0. The Labute approximate surface area is 97.8 Å². The van der Waals surface area contributed by atoms with E-state index in [-0.39, 0.29) is 0 Å². The largest absolute Gasteiger partial charge is 0.326 e. The molecule has 2 rings (SSSR count). The van der Waals surface area contributed by atoms with E-state index in [0.29, 0.717) is 12.5 Å². The molecule has 3 heteroatoms. The monoisotopic (exact) mass is 273 g/mol. The molecule has 0 amide bonds. The van der Waals surface area contributed by atoms with Crippen molar-refractivity contribution in [1.82, 2.24) is 0 Å². The van der Waals surface area contributed by atoms with Crippen molar-refractivity contribution in [3.8, 4) is 0 Å². The van der Waals surface area contributed by atoms with Crippen LogP contribution in [0.1, 0.15) is 42.2 Å². The molecule has 1 nitrogen and oxygen atoms in total. The summed E-state index contributed by atoms with van der Waals surface area (Å²) >= 11 is 5.51. The second-order valence-corrected chi connectivity index (χ2v) is 6.76. The quantitative estimate of drug-likeness (QED) is 0.831. The first-order chi connectivity index (χ1) is 6.63. The maximum Gasteiger partial charge on any atom is 0.0749 e. The third-order valence-corrected chi connectivity index (χ3v) is 5.09. The topological polar surface area (TPSA) is 26.0 Å². The molecule has 0 fully saturated rings. The number of thiophene rings is 1. The SMILES string of the molecule is CC1Cc2sc(Br)c(CN)c2C(C)C1. The Kier molecular flexibility index (Phi) is 3.01. The van der Waals surface area contributed by atoms with Crippen LogP contribution in [0.3, 0.4) is 0 Å². The van der Waals surface area contributed by atoms with E-state index in [0.717, 1.165) is 5.92 Å². The molecular weight excluding hydrogens is 258 g/mol. The van der Waals surface area contributed by atoms with Crippen molar-refractivity contribution < 1.29 is 0 Å². The number of fused-ring (bicyclic) bond motifs is 1. The fourth-order valence-electron chi connectivity index (χ4n) is 2.53. The van der Waals surface area contributed by atoms with Gasteiger partial charge in [-0.1, -0.05) is 13.8 Å². The van der Waals surface area contributed by atoms with Crippen molar-refractivity contribution in [2.75, 3.05) is 0 Å². The highest BCUT2D eigenvalue weighted by atomic mass is 79.9. The van der Waals surface area contributed by atoms with Crippen molar-refractivity contribution in [3.63, 3.8) is 0 Å². The van der Waals surface area contributed by atoms with Gasteiger partial charge in [0, 0.05) is 11.4 Å². The Hall–Kier alpha value is 0.140. The molecule has 0 spiro atoms. The van der Waals surface area contributed by atoms with Crippen molar-refractivity contribution in [2.24, 2.45) is 11.7 Å². The first-order valence-corrected chi connectivity index (χ1v) is 6.74. The molecule has 0 saturated heterocycles. The van der Waals surface area contributed by atoms with Gasteiger partial charge in [-0.15, -0.1) is 11.3 Å². The predicted octanol–water partition coefficient (Wildman–Crippen LogP) is 3.66. The first-order valence-electron chi connectivity index (χ1n) is 5.13. The number of nitrogens with two attached hydrogens (primary N) is 1. The highest BCUT2D eigenvalue weighted by molar-refractivity contribution is 9.11. The van der Waals surface area contributed by atoms with Crippen LogP contribution in [-0.4, -0.2) is 0 Å². The Morgan fingerprint density at radius 3 is 2.86 bits per heavy atom. The van der Waals surface area contributed by atoms with E-state index in [4.69, 9.17) is 5.73 Å². The van der Waals surface area contributed by atoms with E-state index in [1.54, 1.807) is 10.4 Å². The van der Waals surface area contributed by atoms with Gasteiger partial charge in [0.1, 0.15) is 0 Å². The molecule has 2 unspecified atom stereocenters. The van der Waals surface area contributed by atoms with Gasteiger partial charge in [0.25, 0.3) is 0 Å². The standard InChI is InChI=1S/C11H16BrNS/c1-6-3-7(2)10-8(5-13)11(12)14-9(10)4-6/h6-7H,3-5,13H2,1-2H3. The van der Waals surface area contributed by atoms with E-state index < -0.39 is 0 Å². The van der Waals surface area contributed by atoms with Crippen LogP contribution in [0.15, 0.2) is 3.79 Å². The van der Waals surface area contributed by atoms with Gasteiger partial charge in [0.05, 0.1) is 3.79 Å². The molecule has 0 saturated carbocycles. The lowest BCUT2D eigenvalue weighted by Gasteiger charge is -2.25. The lowest BCUT2D eigenvalue weighted by molar-refractivity contribution is 0.453. The second-order valence-electron chi connectivity index (χ2n) is 4.34. The van der Waals surface area contributed by atoms with E-state index in [1.807, 2.05) is 11.3 Å². The molecule has 0 aromatic carbocycles. The Morgan fingerprint density at radius 2 is 2.21 bits per heavy atom. The van der Waals surface area contributed by atoms with Crippen LogP contribution < -0.4 is 5.73 Å². The zero-order valence-electron chi connectivity index (χ0n) is 8.64. The van der Waals surface area contributed by atoms with Gasteiger partial charge in [-0.25, -0.2) is 0 Å². The lowest BCUT2D eigenvalue weighted by Crippen LogP contribution is -2.14. The van der Waals surface area contributed by atoms with Gasteiger partial charge in [-0.05, 0) is 51.7 Å². The molecule has 78 valence electrons. The predicted molar refractivity (Wildman–Crippen MR) is 65.8 cm³/mol. The third-order valence-electron chi connectivity index (χ3n) is 3.06. The summed E-state index contributed by atoms with van der Waals surface area (Å²) in [5.41, 5.74) is 8.69. The Morgan fingerprint density at radius 1 is 1.50 bits per heavy atom. The molecule has 2 atom stereocenters. The summed E-state index contributed by atoms with van der Waals surface area (Å²) < 4.78 is 1.26. The zero-order valence-corrected chi connectivity index (χ0v) is 11.0. The number of hydrogen-bond acceptors (Lipinski definition) is 2. The molecule has 1 aliphatic carbocycles. The Bertz CT molecular complexity index is 345. The van der Waals surface area contributed by atoms with Crippen LogP contribution in [-0.2, 0) is 13.0 Å². The molecule has 0 aliphatic heterocycles. The summed E-state index contributed by atoms with van der Waals surface area (Å²) in [6.07, 6.45) is 2.55. The van der Waals surface area contributed by atoms with Crippen LogP contribution in [0.2, 0.25) is 0 Å². The van der Waals surface area contributed by atoms with Crippen LogP contribution in [0.5, 0.6) is 0 Å². The summed E-state index contributed by atoms with van der Waals surface area (Å²) in [6, 6.07) is 0. The fourth-order valence-corrected chi connectivity index (χ4v) is 4.83. The Balaban J connectivity index is 2.48. The van der Waals surface area contributed by atoms with Gasteiger partial charge in [0.2, 0.25) is 0 Å². The van der Waals surface area contributed by atoms with Crippen molar-refractivity contribution in [2.45, 2.75) is 39.2 Å². The highest BCUT2D eigenvalue weighted by Gasteiger charge is 2.27. The van der Waals surface area contributed by atoms with Gasteiger partial charge >= 0.3 is 0 Å². The average Bonchev–Trinajstić information content (AvgIpc) is 2.40. The summed E-state index contributed by atoms with van der Waals surface area (Å²) in [7, 11) is 0. The molecule has 1 heterocycles. The minimum atomic E-state index is 0.672. The van der Waals surface area contributed by atoms with Crippen molar-refractivity contribution in [3.05, 3.63) is 19.8 Å². The molecule has 1 aromatic rings. The third kappa shape index (κ3) is 1.66. The van der Waals surface area contributed by atoms with Gasteiger partial charge < -0.3 is 5.73 Å². The van der Waals surface area contributed by atoms with Crippen LogP contribution in [0.4, 0.5) is 0 Å². The van der Waals surface area contributed by atoms with E-state index in [2.05, 4.69) is 29.8 Å². The minimum Gasteiger partial charge on any atom is -0.326 e. The molecular formula is C11H16BrNS. The summed E-state index contributed by atoms with van der Waals surface area (Å²) in [4.78, 5) is 1.56. The molecule has 0 bridgehead atoms. The smallest absolute Gasteiger partial charge is 0.0749 e. The average molecular weight is 274 g/mol. The molecule has 2 N–H and O–H groups in total. The first kappa shape index (κ1) is 10.7. The minimum absolute atomic E-state index is 0.672. The number of rotatable bonds is 1. The normalized spacial score (nSPS) is 26.3. The maximum absolute atomic E-state index is 5.79. The van der Waals surface area contributed by atoms with Crippen LogP contribution in [0.25, 0.3) is 0 Å². The van der Waals surface area contributed by atoms with Crippen LogP contribution in [0, 0.1) is 5.92 Å². The van der Waals surface area contributed by atoms with E-state index >= 15 is 0 Å². The van der Waals surface area contributed by atoms with Crippen LogP contribution >= 0.6 is 27.3 Å². The number of halogens is 1. The molecule has 0 radical (unpaired) electrons. The van der Waals surface area contributed by atoms with Gasteiger partial charge in [-0.2, -0.15) is 0 Å². The van der Waals surface area contributed by atoms with E-state index in [9.17, 15) is 0 Å². The molecule has 1 aromatic heterocycles. The summed E-state index contributed by atoms with van der Waals surface area (Å²) in [6.45, 7) is 5.34. The maximum atomic E-state index is 5.79. The zero-order chi connectivity index (χ0) is 10.3. The van der Waals surface area contributed by atoms with Crippen molar-refractivity contribution in [1.29, 1.82) is 0 Å². The van der Waals surface area contributed by atoms with Gasteiger partial charge in [0.15, 0.2) is 0 Å². The van der Waals surface area contributed by atoms with Gasteiger partial charge in [-0.3, -0.25) is 0 Å². The highest BCUT2D eigenvalue weighted by Crippen LogP contribution is 2.44. The lowest BCUT2D eigenvalue weighted by atomic mass is 9.81. The molecule has 1 aliphatic rings. The second kappa shape index (κ2) is 3.95. The van der Waals surface area contributed by atoms with Crippen molar-refractivity contribution >= 4 is 27.3 Å². The number of hydrogen-bond donors (Lipinski definition) is 1. The van der Waals surface area contributed by atoms with E-state index in [1.165, 1.54) is 22.2 Å². The molecule has 14 heavy (non-hydrogen) atoms.